The number of para-hydroxylation sites is 1. The highest BCUT2D eigenvalue weighted by molar-refractivity contribution is 6.05. The molecule has 0 aliphatic heterocycles. The Hall–Kier alpha value is -5.45. The summed E-state index contributed by atoms with van der Waals surface area (Å²) >= 11 is 0. The molecule has 0 bridgehead atoms. The third-order valence-corrected chi connectivity index (χ3v) is 5.66. The van der Waals surface area contributed by atoms with Crippen LogP contribution >= 0.6 is 0 Å². The van der Waals surface area contributed by atoms with E-state index in [0.29, 0.717) is 27.6 Å². The topological polar surface area (TPSA) is 137 Å². The standard InChI is InChI=1S/C26H19N7O4/c1-31-26(35)22-10-6-5-9-21(22)24(29-31)25(34)28-27-15-18-16-32(19-7-3-2-4-8-19)30-23(18)17-11-13-20(14-12-17)33(36)37/h2-16H,1H3,(H,28,34)/b27-15+. The molecule has 2 heterocycles. The van der Waals surface area contributed by atoms with Gasteiger partial charge < -0.3 is 0 Å². The Morgan fingerprint density at radius 2 is 1.65 bits per heavy atom. The van der Waals surface area contributed by atoms with Gasteiger partial charge >= 0.3 is 0 Å². The Bertz CT molecular complexity index is 1720. The Labute approximate surface area is 209 Å². The van der Waals surface area contributed by atoms with Gasteiger partial charge in [0.1, 0.15) is 5.69 Å². The van der Waals surface area contributed by atoms with Gasteiger partial charge in [-0.2, -0.15) is 15.3 Å². The van der Waals surface area contributed by atoms with E-state index in [4.69, 9.17) is 0 Å². The van der Waals surface area contributed by atoms with E-state index in [9.17, 15) is 19.7 Å². The first kappa shape index (κ1) is 23.3. The second kappa shape index (κ2) is 9.66. The van der Waals surface area contributed by atoms with Crippen LogP contribution in [0.1, 0.15) is 16.1 Å². The molecule has 0 saturated carbocycles. The lowest BCUT2D eigenvalue weighted by atomic mass is 10.1. The maximum atomic E-state index is 12.9. The number of hydrogen-bond acceptors (Lipinski definition) is 7. The number of nitrogens with zero attached hydrogens (tertiary/aromatic N) is 6. The van der Waals surface area contributed by atoms with E-state index in [-0.39, 0.29) is 16.9 Å². The second-order valence-electron chi connectivity index (χ2n) is 8.04. The van der Waals surface area contributed by atoms with Gasteiger partial charge in [-0.3, -0.25) is 19.7 Å². The van der Waals surface area contributed by atoms with E-state index >= 15 is 0 Å². The maximum Gasteiger partial charge on any atom is 0.292 e. The second-order valence-corrected chi connectivity index (χ2v) is 8.04. The van der Waals surface area contributed by atoms with Crippen molar-refractivity contribution in [1.29, 1.82) is 0 Å². The van der Waals surface area contributed by atoms with Crippen LogP contribution in [0.2, 0.25) is 0 Å². The van der Waals surface area contributed by atoms with Crippen LogP contribution in [-0.4, -0.2) is 36.6 Å². The van der Waals surface area contributed by atoms with E-state index < -0.39 is 10.8 Å². The van der Waals surface area contributed by atoms with Crippen molar-refractivity contribution in [3.63, 3.8) is 0 Å². The Morgan fingerprint density at radius 1 is 0.973 bits per heavy atom. The van der Waals surface area contributed by atoms with Crippen molar-refractivity contribution in [1.82, 2.24) is 25.0 Å². The van der Waals surface area contributed by atoms with E-state index in [2.05, 4.69) is 20.7 Å². The quantitative estimate of drug-likeness (QED) is 0.218. The predicted octanol–water partition coefficient (Wildman–Crippen LogP) is 3.46. The van der Waals surface area contributed by atoms with Gasteiger partial charge in [0.05, 0.1) is 22.2 Å². The van der Waals surface area contributed by atoms with Gasteiger partial charge in [0.2, 0.25) is 0 Å². The molecule has 0 spiro atoms. The number of rotatable bonds is 6. The molecule has 37 heavy (non-hydrogen) atoms. The van der Waals surface area contributed by atoms with Crippen molar-refractivity contribution in [2.45, 2.75) is 0 Å². The van der Waals surface area contributed by atoms with Gasteiger partial charge in [-0.1, -0.05) is 36.4 Å². The molecule has 1 N–H and O–H groups in total. The van der Waals surface area contributed by atoms with Crippen LogP contribution in [0.25, 0.3) is 27.7 Å². The summed E-state index contributed by atoms with van der Waals surface area (Å²) in [4.78, 5) is 35.8. The summed E-state index contributed by atoms with van der Waals surface area (Å²) < 4.78 is 2.76. The summed E-state index contributed by atoms with van der Waals surface area (Å²) in [7, 11) is 1.48. The number of nitro benzene ring substituents is 1. The molecular formula is C26H19N7O4. The monoisotopic (exact) mass is 493 g/mol. The molecular weight excluding hydrogens is 474 g/mol. The molecule has 0 aliphatic rings. The number of amides is 1. The van der Waals surface area contributed by atoms with Gasteiger partial charge in [0, 0.05) is 41.9 Å². The largest absolute Gasteiger partial charge is 0.292 e. The van der Waals surface area contributed by atoms with E-state index in [1.165, 1.54) is 25.4 Å². The molecule has 2 aromatic heterocycles. The summed E-state index contributed by atoms with van der Waals surface area (Å²) in [6, 6.07) is 22.1. The van der Waals surface area contributed by atoms with Crippen molar-refractivity contribution >= 4 is 28.6 Å². The van der Waals surface area contributed by atoms with E-state index in [1.807, 2.05) is 30.3 Å². The van der Waals surface area contributed by atoms with Crippen LogP contribution in [-0.2, 0) is 7.05 Å². The number of benzene rings is 3. The first-order valence-corrected chi connectivity index (χ1v) is 11.1. The fourth-order valence-electron chi connectivity index (χ4n) is 3.84. The van der Waals surface area contributed by atoms with Crippen molar-refractivity contribution in [3.05, 3.63) is 117 Å². The summed E-state index contributed by atoms with van der Waals surface area (Å²) in [6.07, 6.45) is 3.17. The highest BCUT2D eigenvalue weighted by Gasteiger charge is 2.16. The lowest BCUT2D eigenvalue weighted by Crippen LogP contribution is -2.27. The minimum absolute atomic E-state index is 0.0364. The molecule has 5 aromatic rings. The van der Waals surface area contributed by atoms with Gasteiger partial charge in [0.15, 0.2) is 5.69 Å². The number of hydrazone groups is 1. The van der Waals surface area contributed by atoms with E-state index in [0.717, 1.165) is 10.4 Å². The average Bonchev–Trinajstić information content (AvgIpc) is 3.35. The van der Waals surface area contributed by atoms with Crippen LogP contribution in [0.15, 0.2) is 95.0 Å². The van der Waals surface area contributed by atoms with E-state index in [1.54, 1.807) is 47.3 Å². The number of hydrogen-bond donors (Lipinski definition) is 1. The van der Waals surface area contributed by atoms with Crippen LogP contribution < -0.4 is 11.0 Å². The highest BCUT2D eigenvalue weighted by atomic mass is 16.6. The summed E-state index contributed by atoms with van der Waals surface area (Å²) in [5.41, 5.74) is 4.70. The fourth-order valence-corrected chi connectivity index (χ4v) is 3.84. The molecule has 1 amide bonds. The van der Waals surface area contributed by atoms with Gasteiger partial charge in [-0.15, -0.1) is 0 Å². The molecule has 11 heteroatoms. The SMILES string of the molecule is Cn1nc(C(=O)N/N=C/c2cn(-c3ccccc3)nc2-c2ccc([N+](=O)[O-])cc2)c2ccccc2c1=O. The van der Waals surface area contributed by atoms with Crippen molar-refractivity contribution in [2.75, 3.05) is 0 Å². The number of carbonyl (C=O) groups excluding carboxylic acids is 1. The molecule has 0 atom stereocenters. The number of nitrogens with one attached hydrogen (secondary N) is 1. The van der Waals surface area contributed by atoms with Crippen molar-refractivity contribution in [3.8, 4) is 16.9 Å². The van der Waals surface area contributed by atoms with Crippen LogP contribution in [0, 0.1) is 10.1 Å². The molecule has 182 valence electrons. The van der Waals surface area contributed by atoms with Crippen LogP contribution in [0.3, 0.4) is 0 Å². The molecule has 0 unspecified atom stereocenters. The number of non-ortho nitro benzene ring substituents is 1. The Balaban J connectivity index is 1.48. The first-order valence-electron chi connectivity index (χ1n) is 11.1. The lowest BCUT2D eigenvalue weighted by Gasteiger charge is -2.06. The van der Waals surface area contributed by atoms with Gasteiger partial charge in [-0.25, -0.2) is 14.8 Å². The minimum Gasteiger partial charge on any atom is -0.267 e. The summed E-state index contributed by atoms with van der Waals surface area (Å²) in [5, 5.41) is 24.7. The summed E-state index contributed by atoms with van der Waals surface area (Å²) in [6.45, 7) is 0. The van der Waals surface area contributed by atoms with Crippen LogP contribution in [0.5, 0.6) is 0 Å². The minimum atomic E-state index is -0.588. The smallest absolute Gasteiger partial charge is 0.267 e. The molecule has 11 nitrogen and oxygen atoms in total. The predicted molar refractivity (Wildman–Crippen MR) is 138 cm³/mol. The molecule has 0 fully saturated rings. The van der Waals surface area contributed by atoms with Crippen LogP contribution in [0.4, 0.5) is 5.69 Å². The van der Waals surface area contributed by atoms with Crippen molar-refractivity contribution in [2.24, 2.45) is 12.1 Å². The maximum absolute atomic E-state index is 12.9. The summed E-state index contributed by atoms with van der Waals surface area (Å²) in [5.74, 6) is -0.588. The highest BCUT2D eigenvalue weighted by Crippen LogP contribution is 2.25. The zero-order valence-corrected chi connectivity index (χ0v) is 19.5. The third kappa shape index (κ3) is 4.60. The molecule has 0 radical (unpaired) electrons. The number of nitro groups is 1. The zero-order valence-electron chi connectivity index (χ0n) is 19.5. The number of fused-ring (bicyclic) bond motifs is 1. The average molecular weight is 493 g/mol. The molecule has 0 aliphatic carbocycles. The fraction of sp³-hybridized carbons (Fsp3) is 0.0385. The number of aryl methyl sites for hydroxylation is 1. The Kier molecular flexibility index (Phi) is 6.08. The number of carbonyl (C=O) groups is 1. The van der Waals surface area contributed by atoms with Crippen molar-refractivity contribution < 1.29 is 9.72 Å². The normalized spacial score (nSPS) is 11.2. The molecule has 0 saturated heterocycles. The first-order chi connectivity index (χ1) is 17.9. The van der Waals surface area contributed by atoms with Gasteiger partial charge in [0.25, 0.3) is 17.2 Å². The van der Waals surface area contributed by atoms with Gasteiger partial charge in [-0.05, 0) is 30.3 Å². The number of aromatic nitrogens is 4. The third-order valence-electron chi connectivity index (χ3n) is 5.66. The lowest BCUT2D eigenvalue weighted by molar-refractivity contribution is -0.384. The molecule has 3 aromatic carbocycles. The molecule has 5 rings (SSSR count). The Morgan fingerprint density at radius 3 is 2.35 bits per heavy atom. The zero-order chi connectivity index (χ0) is 25.9.